The fourth-order valence-corrected chi connectivity index (χ4v) is 4.28. The standard InChI is InChI=1S/C18H12F2N4O2S/c19-9-4-3-8(5-11(9)21)14-10(20)6-24-16(22-14)12(7-1-2-7)15-13(18(24)26)17(25)23-27-15/h3-7H,1-2,21H2,(H,23,25). The highest BCUT2D eigenvalue weighted by molar-refractivity contribution is 7.13. The third-order valence-electron chi connectivity index (χ3n) is 4.79. The highest BCUT2D eigenvalue weighted by Crippen LogP contribution is 2.45. The van der Waals surface area contributed by atoms with Gasteiger partial charge < -0.3 is 5.73 Å². The van der Waals surface area contributed by atoms with Crippen LogP contribution in [0.25, 0.3) is 27.0 Å². The molecule has 3 aromatic heterocycles. The SMILES string of the molecule is Nc1cc(-c2nc3c(C4CC4)c4s[nH]c(=O)c4c(=O)n3cc2F)ccc1F. The number of anilines is 1. The van der Waals surface area contributed by atoms with Crippen LogP contribution in [0, 0.1) is 11.6 Å². The van der Waals surface area contributed by atoms with Crippen LogP contribution in [-0.4, -0.2) is 13.8 Å². The molecule has 1 saturated carbocycles. The largest absolute Gasteiger partial charge is 0.396 e. The van der Waals surface area contributed by atoms with Crippen molar-refractivity contribution in [2.75, 3.05) is 5.73 Å². The maximum Gasteiger partial charge on any atom is 0.271 e. The minimum absolute atomic E-state index is 0.0229. The van der Waals surface area contributed by atoms with Crippen LogP contribution in [0.5, 0.6) is 0 Å². The molecular weight excluding hydrogens is 374 g/mol. The van der Waals surface area contributed by atoms with Gasteiger partial charge in [-0.25, -0.2) is 13.8 Å². The Hall–Kier alpha value is -3.07. The number of pyridine rings is 1. The monoisotopic (exact) mass is 386 g/mol. The maximum absolute atomic E-state index is 14.8. The Morgan fingerprint density at radius 1 is 1.22 bits per heavy atom. The molecule has 1 aromatic carbocycles. The second-order valence-corrected chi connectivity index (χ2v) is 7.41. The third kappa shape index (κ3) is 2.31. The predicted molar refractivity (Wildman–Crippen MR) is 99.2 cm³/mol. The number of aromatic nitrogens is 3. The summed E-state index contributed by atoms with van der Waals surface area (Å²) in [4.78, 5) is 29.2. The molecule has 3 N–H and O–H groups in total. The van der Waals surface area contributed by atoms with Gasteiger partial charge in [-0.05, 0) is 37.0 Å². The number of hydrogen-bond donors (Lipinski definition) is 2. The number of H-pyrrole nitrogens is 1. The van der Waals surface area contributed by atoms with Gasteiger partial charge in [0, 0.05) is 11.1 Å². The zero-order valence-electron chi connectivity index (χ0n) is 13.8. The molecule has 0 saturated heterocycles. The lowest BCUT2D eigenvalue weighted by molar-refractivity contribution is 0.614. The van der Waals surface area contributed by atoms with Gasteiger partial charge >= 0.3 is 0 Å². The first kappa shape index (κ1) is 16.1. The maximum atomic E-state index is 14.8. The number of nitrogens with one attached hydrogen (secondary N) is 1. The fourth-order valence-electron chi connectivity index (χ4n) is 3.34. The average molecular weight is 386 g/mol. The summed E-state index contributed by atoms with van der Waals surface area (Å²) >= 11 is 1.09. The highest BCUT2D eigenvalue weighted by atomic mass is 32.1. The molecule has 27 heavy (non-hydrogen) atoms. The van der Waals surface area contributed by atoms with Crippen LogP contribution in [0.15, 0.2) is 34.0 Å². The van der Waals surface area contributed by atoms with E-state index in [0.29, 0.717) is 15.9 Å². The Morgan fingerprint density at radius 3 is 2.70 bits per heavy atom. The van der Waals surface area contributed by atoms with Crippen molar-refractivity contribution in [2.24, 2.45) is 0 Å². The van der Waals surface area contributed by atoms with E-state index in [1.54, 1.807) is 0 Å². The third-order valence-corrected chi connectivity index (χ3v) is 5.70. The summed E-state index contributed by atoms with van der Waals surface area (Å²) in [5.41, 5.74) is 5.75. The molecule has 136 valence electrons. The molecule has 0 radical (unpaired) electrons. The van der Waals surface area contributed by atoms with Crippen molar-refractivity contribution < 1.29 is 8.78 Å². The fraction of sp³-hybridized carbons (Fsp3) is 0.167. The summed E-state index contributed by atoms with van der Waals surface area (Å²) in [6.45, 7) is 0. The Labute approximate surface area is 154 Å². The summed E-state index contributed by atoms with van der Waals surface area (Å²) in [6.07, 6.45) is 2.85. The van der Waals surface area contributed by atoms with E-state index in [4.69, 9.17) is 5.73 Å². The molecule has 3 heterocycles. The molecule has 0 bridgehead atoms. The van der Waals surface area contributed by atoms with E-state index in [0.717, 1.165) is 46.6 Å². The zero-order valence-corrected chi connectivity index (χ0v) is 14.6. The predicted octanol–water partition coefficient (Wildman–Crippen LogP) is 3.00. The van der Waals surface area contributed by atoms with Gasteiger partial charge in [0.1, 0.15) is 22.5 Å². The smallest absolute Gasteiger partial charge is 0.271 e. The molecule has 1 aliphatic rings. The molecule has 6 nitrogen and oxygen atoms in total. The Bertz CT molecular complexity index is 1370. The molecule has 1 aliphatic carbocycles. The van der Waals surface area contributed by atoms with Crippen molar-refractivity contribution in [3.05, 3.63) is 62.3 Å². The first-order valence-electron chi connectivity index (χ1n) is 8.27. The van der Waals surface area contributed by atoms with Crippen molar-refractivity contribution in [3.63, 3.8) is 0 Å². The molecule has 5 rings (SSSR count). The van der Waals surface area contributed by atoms with Gasteiger partial charge in [-0.2, -0.15) is 0 Å². The van der Waals surface area contributed by atoms with E-state index in [-0.39, 0.29) is 22.7 Å². The summed E-state index contributed by atoms with van der Waals surface area (Å²) in [5.74, 6) is -1.20. The van der Waals surface area contributed by atoms with E-state index >= 15 is 0 Å². The van der Waals surface area contributed by atoms with Crippen LogP contribution in [0.2, 0.25) is 0 Å². The van der Waals surface area contributed by atoms with Crippen molar-refractivity contribution in [2.45, 2.75) is 18.8 Å². The minimum atomic E-state index is -0.761. The Kier molecular flexibility index (Phi) is 3.26. The lowest BCUT2D eigenvalue weighted by atomic mass is 10.1. The number of hydrogen-bond acceptors (Lipinski definition) is 5. The number of rotatable bonds is 2. The number of halogens is 2. The number of aromatic amines is 1. The number of fused-ring (bicyclic) bond motifs is 2. The van der Waals surface area contributed by atoms with Gasteiger partial charge in [-0.1, -0.05) is 11.5 Å². The topological polar surface area (TPSA) is 93.2 Å². The molecule has 4 aromatic rings. The van der Waals surface area contributed by atoms with Gasteiger partial charge in [0.2, 0.25) is 0 Å². The van der Waals surface area contributed by atoms with E-state index in [9.17, 15) is 18.4 Å². The molecule has 1 fully saturated rings. The molecular formula is C18H12F2N4O2S. The summed E-state index contributed by atoms with van der Waals surface area (Å²) in [6, 6.07) is 3.83. The number of nitrogen functional groups attached to an aromatic ring is 1. The Morgan fingerprint density at radius 2 is 2.00 bits per heavy atom. The second kappa shape index (κ2) is 5.46. The van der Waals surface area contributed by atoms with Crippen LogP contribution in [-0.2, 0) is 0 Å². The molecule has 0 atom stereocenters. The minimum Gasteiger partial charge on any atom is -0.396 e. The van der Waals surface area contributed by atoms with Crippen LogP contribution in [0.1, 0.15) is 24.3 Å². The normalized spacial score (nSPS) is 14.3. The Balaban J connectivity index is 1.91. The van der Waals surface area contributed by atoms with Crippen molar-refractivity contribution in [3.8, 4) is 11.3 Å². The summed E-state index contributed by atoms with van der Waals surface area (Å²) in [7, 11) is 0. The van der Waals surface area contributed by atoms with Crippen molar-refractivity contribution in [1.29, 1.82) is 0 Å². The highest BCUT2D eigenvalue weighted by Gasteiger charge is 2.31. The van der Waals surface area contributed by atoms with E-state index in [1.165, 1.54) is 12.1 Å². The van der Waals surface area contributed by atoms with Crippen LogP contribution in [0.3, 0.4) is 0 Å². The summed E-state index contributed by atoms with van der Waals surface area (Å²) in [5, 5.41) is 0.0272. The lowest BCUT2D eigenvalue weighted by Crippen LogP contribution is -2.21. The zero-order chi connectivity index (χ0) is 18.9. The van der Waals surface area contributed by atoms with Gasteiger partial charge in [0.25, 0.3) is 11.1 Å². The quantitative estimate of drug-likeness (QED) is 0.518. The van der Waals surface area contributed by atoms with Gasteiger partial charge in [-0.15, -0.1) is 0 Å². The molecule has 9 heteroatoms. The van der Waals surface area contributed by atoms with E-state index in [1.807, 2.05) is 0 Å². The van der Waals surface area contributed by atoms with Crippen LogP contribution >= 0.6 is 11.5 Å². The average Bonchev–Trinajstić information content (AvgIpc) is 3.40. The van der Waals surface area contributed by atoms with Crippen LogP contribution < -0.4 is 16.9 Å². The van der Waals surface area contributed by atoms with Gasteiger partial charge in [0.15, 0.2) is 5.82 Å². The lowest BCUT2D eigenvalue weighted by Gasteiger charge is -2.11. The van der Waals surface area contributed by atoms with Crippen molar-refractivity contribution >= 4 is 33.0 Å². The number of nitrogens with zero attached hydrogens (tertiary/aromatic N) is 2. The van der Waals surface area contributed by atoms with Crippen molar-refractivity contribution in [1.82, 2.24) is 13.8 Å². The number of nitrogens with two attached hydrogens (primary N) is 1. The van der Waals surface area contributed by atoms with E-state index < -0.39 is 22.8 Å². The molecule has 0 spiro atoms. The number of benzene rings is 1. The van der Waals surface area contributed by atoms with Gasteiger partial charge in [-0.3, -0.25) is 18.4 Å². The first-order chi connectivity index (χ1) is 13.0. The second-order valence-electron chi connectivity index (χ2n) is 6.60. The summed E-state index contributed by atoms with van der Waals surface area (Å²) < 4.78 is 32.4. The van der Waals surface area contributed by atoms with Gasteiger partial charge in [0.05, 0.1) is 16.6 Å². The van der Waals surface area contributed by atoms with Crippen LogP contribution in [0.4, 0.5) is 14.5 Å². The van der Waals surface area contributed by atoms with E-state index in [2.05, 4.69) is 9.36 Å². The molecule has 0 unspecified atom stereocenters. The molecule has 0 aliphatic heterocycles. The first-order valence-corrected chi connectivity index (χ1v) is 9.08. The molecule has 0 amide bonds.